The molecule has 0 saturated carbocycles. The van der Waals surface area contributed by atoms with Crippen molar-refractivity contribution >= 4 is 23.2 Å². The Bertz CT molecular complexity index is 1110. The van der Waals surface area contributed by atoms with E-state index in [9.17, 15) is 9.59 Å². The van der Waals surface area contributed by atoms with Crippen molar-refractivity contribution in [2.75, 3.05) is 13.7 Å². The number of methoxy groups -OCH3 is 1. The van der Waals surface area contributed by atoms with Crippen molar-refractivity contribution in [3.63, 3.8) is 0 Å². The molecule has 8 heteroatoms. The number of halogens is 1. The minimum atomic E-state index is -0.613. The molecular weight excluding hydrogens is 396 g/mol. The number of fused-ring (bicyclic) bond motifs is 1. The van der Waals surface area contributed by atoms with Crippen LogP contribution in [0.15, 0.2) is 41.3 Å². The predicted molar refractivity (Wildman–Crippen MR) is 109 cm³/mol. The minimum absolute atomic E-state index is 0.146. The summed E-state index contributed by atoms with van der Waals surface area (Å²) in [5.74, 6) is 0.112. The molecule has 0 radical (unpaired) electrons. The van der Waals surface area contributed by atoms with E-state index in [0.29, 0.717) is 29.4 Å². The van der Waals surface area contributed by atoms with Crippen molar-refractivity contribution in [3.05, 3.63) is 68.7 Å². The number of nitrogens with zero attached hydrogens (tertiary/aromatic N) is 2. The molecule has 0 aliphatic carbocycles. The van der Waals surface area contributed by atoms with Gasteiger partial charge in [0.25, 0.3) is 5.56 Å². The fourth-order valence-electron chi connectivity index (χ4n) is 2.74. The maximum atomic E-state index is 12.5. The van der Waals surface area contributed by atoms with E-state index in [2.05, 4.69) is 4.98 Å². The number of hydrogen-bond donors (Lipinski definition) is 0. The van der Waals surface area contributed by atoms with Crippen molar-refractivity contribution < 1.29 is 19.0 Å². The second kappa shape index (κ2) is 8.96. The molecule has 0 bridgehead atoms. The van der Waals surface area contributed by atoms with Gasteiger partial charge in [0.2, 0.25) is 0 Å². The Labute approximate surface area is 172 Å². The molecule has 0 fully saturated rings. The summed E-state index contributed by atoms with van der Waals surface area (Å²) in [5.41, 5.74) is 1.75. The lowest BCUT2D eigenvalue weighted by molar-refractivity contribution is 0.0467. The second-order valence-electron chi connectivity index (χ2n) is 6.43. The molecule has 0 N–H and O–H groups in total. The third kappa shape index (κ3) is 4.68. The Balaban J connectivity index is 1.79. The van der Waals surface area contributed by atoms with Crippen molar-refractivity contribution in [2.24, 2.45) is 0 Å². The number of esters is 1. The molecule has 3 aromatic rings. The predicted octanol–water partition coefficient (Wildman–Crippen LogP) is 3.81. The van der Waals surface area contributed by atoms with Gasteiger partial charge in [0, 0.05) is 12.3 Å². The van der Waals surface area contributed by atoms with Crippen LogP contribution in [-0.4, -0.2) is 29.1 Å². The minimum Gasteiger partial charge on any atom is -0.493 e. The van der Waals surface area contributed by atoms with Crippen LogP contribution in [0.5, 0.6) is 11.5 Å². The van der Waals surface area contributed by atoms with Gasteiger partial charge in [0.1, 0.15) is 12.3 Å². The van der Waals surface area contributed by atoms with Crippen LogP contribution >= 0.6 is 11.6 Å². The van der Waals surface area contributed by atoms with Crippen molar-refractivity contribution in [1.82, 2.24) is 9.38 Å². The summed E-state index contributed by atoms with van der Waals surface area (Å²) in [6.45, 7) is 4.19. The zero-order chi connectivity index (χ0) is 21.0. The summed E-state index contributed by atoms with van der Waals surface area (Å²) in [6.07, 6.45) is 2.51. The van der Waals surface area contributed by atoms with Crippen LogP contribution in [0, 0.1) is 6.92 Å². The number of aromatic nitrogens is 2. The van der Waals surface area contributed by atoms with Crippen LogP contribution < -0.4 is 15.0 Å². The molecule has 3 rings (SSSR count). The number of ether oxygens (including phenoxy) is 3. The maximum Gasteiger partial charge on any atom is 0.338 e. The van der Waals surface area contributed by atoms with Crippen LogP contribution in [0.1, 0.15) is 35.0 Å². The maximum absolute atomic E-state index is 12.5. The Morgan fingerprint density at radius 1 is 1.24 bits per heavy atom. The lowest BCUT2D eigenvalue weighted by atomic mass is 10.2. The van der Waals surface area contributed by atoms with E-state index >= 15 is 0 Å². The third-order valence-electron chi connectivity index (χ3n) is 4.13. The average molecular weight is 417 g/mol. The molecule has 0 atom stereocenters. The molecule has 2 aromatic heterocycles. The van der Waals surface area contributed by atoms with Crippen LogP contribution in [0.3, 0.4) is 0 Å². The molecule has 1 aromatic carbocycles. The van der Waals surface area contributed by atoms with Gasteiger partial charge in [0.05, 0.1) is 30.0 Å². The van der Waals surface area contributed by atoms with Crippen molar-refractivity contribution in [3.8, 4) is 11.5 Å². The van der Waals surface area contributed by atoms with E-state index in [-0.39, 0.29) is 22.8 Å². The van der Waals surface area contributed by atoms with E-state index in [1.807, 2.05) is 19.9 Å². The van der Waals surface area contributed by atoms with Crippen LogP contribution in [-0.2, 0) is 11.3 Å². The first-order valence-corrected chi connectivity index (χ1v) is 9.47. The number of rotatable bonds is 7. The Morgan fingerprint density at radius 2 is 2.03 bits per heavy atom. The molecular formula is C21H21ClN2O5. The first kappa shape index (κ1) is 20.7. The lowest BCUT2D eigenvalue weighted by Crippen LogP contribution is -2.17. The molecule has 0 aliphatic heterocycles. The highest BCUT2D eigenvalue weighted by atomic mass is 35.5. The largest absolute Gasteiger partial charge is 0.493 e. The van der Waals surface area contributed by atoms with Gasteiger partial charge in [-0.15, -0.1) is 0 Å². The summed E-state index contributed by atoms with van der Waals surface area (Å²) in [7, 11) is 1.47. The highest BCUT2D eigenvalue weighted by molar-refractivity contribution is 6.32. The molecule has 7 nitrogen and oxygen atoms in total. The van der Waals surface area contributed by atoms with Crippen molar-refractivity contribution in [1.29, 1.82) is 0 Å². The number of pyridine rings is 1. The van der Waals surface area contributed by atoms with Gasteiger partial charge in [-0.05, 0) is 37.1 Å². The highest BCUT2D eigenvalue weighted by Crippen LogP contribution is 2.36. The summed E-state index contributed by atoms with van der Waals surface area (Å²) in [6, 6.07) is 7.90. The molecule has 29 heavy (non-hydrogen) atoms. The molecule has 0 spiro atoms. The first-order chi connectivity index (χ1) is 13.9. The standard InChI is InChI=1S/C21H21ClN2O5/c1-4-7-28-20-16(22)8-14(9-17(20)27-3)21(26)29-12-15-10-19(25)24-11-13(2)5-6-18(24)23-15/h5-6,8-11H,4,7,12H2,1-3H3. The normalized spacial score (nSPS) is 10.8. The van der Waals surface area contributed by atoms with Gasteiger partial charge in [-0.25, -0.2) is 9.78 Å². The van der Waals surface area contributed by atoms with Crippen LogP contribution in [0.2, 0.25) is 5.02 Å². The van der Waals surface area contributed by atoms with Crippen LogP contribution in [0.4, 0.5) is 0 Å². The summed E-state index contributed by atoms with van der Waals surface area (Å²) >= 11 is 6.24. The van der Waals surface area contributed by atoms with E-state index < -0.39 is 5.97 Å². The van der Waals surface area contributed by atoms with Gasteiger partial charge < -0.3 is 14.2 Å². The number of carbonyl (C=O) groups is 1. The molecule has 152 valence electrons. The van der Waals surface area contributed by atoms with Crippen LogP contribution in [0.25, 0.3) is 5.65 Å². The average Bonchev–Trinajstić information content (AvgIpc) is 2.71. The van der Waals surface area contributed by atoms with Gasteiger partial charge in [0.15, 0.2) is 11.5 Å². The zero-order valence-electron chi connectivity index (χ0n) is 16.4. The zero-order valence-corrected chi connectivity index (χ0v) is 17.2. The quantitative estimate of drug-likeness (QED) is 0.545. The van der Waals surface area contributed by atoms with Gasteiger partial charge >= 0.3 is 5.97 Å². The Kier molecular flexibility index (Phi) is 6.39. The van der Waals surface area contributed by atoms with E-state index in [0.717, 1.165) is 12.0 Å². The monoisotopic (exact) mass is 416 g/mol. The molecule has 0 aliphatic rings. The summed E-state index contributed by atoms with van der Waals surface area (Å²) in [4.78, 5) is 29.1. The van der Waals surface area contributed by atoms with E-state index in [1.165, 1.54) is 29.7 Å². The molecule has 0 unspecified atom stereocenters. The van der Waals surface area contributed by atoms with Gasteiger partial charge in [-0.1, -0.05) is 24.6 Å². The van der Waals surface area contributed by atoms with E-state index in [4.69, 9.17) is 25.8 Å². The van der Waals surface area contributed by atoms with Crippen molar-refractivity contribution in [2.45, 2.75) is 26.9 Å². The fourth-order valence-corrected chi connectivity index (χ4v) is 3.00. The molecule has 0 saturated heterocycles. The fraction of sp³-hybridized carbons (Fsp3) is 0.286. The Hall–Kier alpha value is -3.06. The second-order valence-corrected chi connectivity index (χ2v) is 6.84. The highest BCUT2D eigenvalue weighted by Gasteiger charge is 2.17. The third-order valence-corrected chi connectivity index (χ3v) is 4.41. The van der Waals surface area contributed by atoms with Gasteiger partial charge in [-0.2, -0.15) is 0 Å². The number of benzene rings is 1. The molecule has 0 amide bonds. The van der Waals surface area contributed by atoms with E-state index in [1.54, 1.807) is 12.3 Å². The topological polar surface area (TPSA) is 79.1 Å². The number of carbonyl (C=O) groups excluding carboxylic acids is 1. The Morgan fingerprint density at radius 3 is 2.76 bits per heavy atom. The smallest absolute Gasteiger partial charge is 0.338 e. The van der Waals surface area contributed by atoms with Gasteiger partial charge in [-0.3, -0.25) is 9.20 Å². The number of aryl methyl sites for hydroxylation is 1. The summed E-state index contributed by atoms with van der Waals surface area (Å²) < 4.78 is 17.6. The summed E-state index contributed by atoms with van der Waals surface area (Å²) in [5, 5.41) is 0.252. The lowest BCUT2D eigenvalue weighted by Gasteiger charge is -2.13. The molecule has 2 heterocycles. The SMILES string of the molecule is CCCOc1c(Cl)cc(C(=O)OCc2cc(=O)n3cc(C)ccc3n2)cc1OC. The number of hydrogen-bond acceptors (Lipinski definition) is 6. The first-order valence-electron chi connectivity index (χ1n) is 9.09.